The van der Waals surface area contributed by atoms with Gasteiger partial charge in [-0.1, -0.05) is 19.1 Å². The minimum Gasteiger partial charge on any atom is -0.469 e. The van der Waals surface area contributed by atoms with E-state index in [1.807, 2.05) is 6.92 Å². The molecule has 2 unspecified atom stereocenters. The van der Waals surface area contributed by atoms with Crippen LogP contribution >= 0.6 is 0 Å². The molecule has 1 aliphatic rings. The van der Waals surface area contributed by atoms with Crippen LogP contribution < -0.4 is 0 Å². The summed E-state index contributed by atoms with van der Waals surface area (Å²) in [5.41, 5.74) is 0. The first-order valence-corrected chi connectivity index (χ1v) is 5.60. The lowest BCUT2D eigenvalue weighted by Gasteiger charge is -2.29. The number of rotatable bonds is 4. The Kier molecular flexibility index (Phi) is 4.82. The van der Waals surface area contributed by atoms with Crippen LogP contribution in [0.5, 0.6) is 0 Å². The Balaban J connectivity index is 2.40. The minimum atomic E-state index is -0.123. The van der Waals surface area contributed by atoms with E-state index in [1.54, 1.807) is 0 Å². The third-order valence-corrected chi connectivity index (χ3v) is 2.96. The lowest BCUT2D eigenvalue weighted by molar-refractivity contribution is -0.145. The molecule has 0 saturated carbocycles. The summed E-state index contributed by atoms with van der Waals surface area (Å²) in [4.78, 5) is 13.5. The maximum atomic E-state index is 11.3. The minimum absolute atomic E-state index is 0.0460. The number of likely N-dealkylation sites (N-methyl/N-ethyl adjacent to an activating group) is 1. The molecule has 1 aliphatic carbocycles. The first-order chi connectivity index (χ1) is 7.15. The molecular weight excluding hydrogens is 190 g/mol. The van der Waals surface area contributed by atoms with E-state index >= 15 is 0 Å². The molecule has 2 atom stereocenters. The van der Waals surface area contributed by atoms with E-state index in [-0.39, 0.29) is 11.9 Å². The van der Waals surface area contributed by atoms with E-state index in [2.05, 4.69) is 24.1 Å². The van der Waals surface area contributed by atoms with Gasteiger partial charge < -0.3 is 4.74 Å². The normalized spacial score (nSPS) is 22.8. The van der Waals surface area contributed by atoms with E-state index in [9.17, 15) is 4.79 Å². The quantitative estimate of drug-likeness (QED) is 0.525. The van der Waals surface area contributed by atoms with Gasteiger partial charge in [0.2, 0.25) is 0 Å². The molecule has 86 valence electrons. The zero-order valence-corrected chi connectivity index (χ0v) is 9.90. The van der Waals surface area contributed by atoms with Crippen LogP contribution in [0.4, 0.5) is 0 Å². The zero-order valence-electron chi connectivity index (χ0n) is 9.90. The first-order valence-electron chi connectivity index (χ1n) is 5.60. The standard InChI is InChI=1S/C12H21NO2/c1-10(12(14)15-3)9-13(2)11-7-5-4-6-8-11/h5,7,10-11H,4,6,8-9H2,1-3H3. The van der Waals surface area contributed by atoms with Crippen LogP contribution in [-0.2, 0) is 9.53 Å². The summed E-state index contributed by atoms with van der Waals surface area (Å²) in [7, 11) is 3.51. The lowest BCUT2D eigenvalue weighted by atomic mass is 10.0. The highest BCUT2D eigenvalue weighted by Gasteiger charge is 2.20. The third-order valence-electron chi connectivity index (χ3n) is 2.96. The first kappa shape index (κ1) is 12.2. The molecular formula is C12H21NO2. The molecule has 0 spiro atoms. The van der Waals surface area contributed by atoms with Crippen LogP contribution in [0.25, 0.3) is 0 Å². The fraction of sp³-hybridized carbons (Fsp3) is 0.750. The number of hydrogen-bond acceptors (Lipinski definition) is 3. The highest BCUT2D eigenvalue weighted by molar-refractivity contribution is 5.72. The highest BCUT2D eigenvalue weighted by atomic mass is 16.5. The van der Waals surface area contributed by atoms with Gasteiger partial charge in [0, 0.05) is 12.6 Å². The van der Waals surface area contributed by atoms with Crippen molar-refractivity contribution in [1.82, 2.24) is 4.90 Å². The van der Waals surface area contributed by atoms with Crippen LogP contribution in [-0.4, -0.2) is 37.6 Å². The predicted octanol–water partition coefficient (Wildman–Crippen LogP) is 1.84. The summed E-state index contributed by atoms with van der Waals surface area (Å²) in [6.07, 6.45) is 8.11. The summed E-state index contributed by atoms with van der Waals surface area (Å²) in [5, 5.41) is 0. The predicted molar refractivity (Wildman–Crippen MR) is 60.6 cm³/mol. The highest BCUT2D eigenvalue weighted by Crippen LogP contribution is 2.16. The van der Waals surface area contributed by atoms with Crippen molar-refractivity contribution < 1.29 is 9.53 Å². The van der Waals surface area contributed by atoms with Gasteiger partial charge in [-0.2, -0.15) is 0 Å². The SMILES string of the molecule is COC(=O)C(C)CN(C)C1C=CCCC1. The van der Waals surface area contributed by atoms with Crippen LogP contribution in [0.15, 0.2) is 12.2 Å². The molecule has 0 bridgehead atoms. The summed E-state index contributed by atoms with van der Waals surface area (Å²) in [6, 6.07) is 0.492. The van der Waals surface area contributed by atoms with Crippen molar-refractivity contribution in [3.8, 4) is 0 Å². The molecule has 0 aromatic carbocycles. The third kappa shape index (κ3) is 3.67. The van der Waals surface area contributed by atoms with Gasteiger partial charge in [-0.25, -0.2) is 0 Å². The van der Waals surface area contributed by atoms with Crippen molar-refractivity contribution in [2.45, 2.75) is 32.2 Å². The second kappa shape index (κ2) is 5.91. The summed E-state index contributed by atoms with van der Waals surface area (Å²) in [6.45, 7) is 2.68. The van der Waals surface area contributed by atoms with Gasteiger partial charge in [-0.15, -0.1) is 0 Å². The molecule has 0 aromatic heterocycles. The van der Waals surface area contributed by atoms with Crippen molar-refractivity contribution in [3.05, 3.63) is 12.2 Å². The van der Waals surface area contributed by atoms with E-state index in [4.69, 9.17) is 4.74 Å². The number of esters is 1. The second-order valence-electron chi connectivity index (χ2n) is 4.29. The van der Waals surface area contributed by atoms with Gasteiger partial charge >= 0.3 is 5.97 Å². The zero-order chi connectivity index (χ0) is 11.3. The number of hydrogen-bond donors (Lipinski definition) is 0. The van der Waals surface area contributed by atoms with E-state index < -0.39 is 0 Å². The molecule has 0 amide bonds. The van der Waals surface area contributed by atoms with Crippen molar-refractivity contribution in [2.75, 3.05) is 20.7 Å². The molecule has 0 N–H and O–H groups in total. The molecule has 0 heterocycles. The number of carbonyl (C=O) groups is 1. The van der Waals surface area contributed by atoms with Crippen molar-refractivity contribution >= 4 is 5.97 Å². The molecule has 0 fully saturated rings. The Hall–Kier alpha value is -0.830. The number of ether oxygens (including phenoxy) is 1. The van der Waals surface area contributed by atoms with Crippen molar-refractivity contribution in [3.63, 3.8) is 0 Å². The Labute approximate surface area is 92.1 Å². The van der Waals surface area contributed by atoms with Crippen molar-refractivity contribution in [1.29, 1.82) is 0 Å². The lowest BCUT2D eigenvalue weighted by Crippen LogP contribution is -2.36. The second-order valence-corrected chi connectivity index (χ2v) is 4.29. The molecule has 15 heavy (non-hydrogen) atoms. The monoisotopic (exact) mass is 211 g/mol. The van der Waals surface area contributed by atoms with E-state index in [1.165, 1.54) is 26.4 Å². The molecule has 3 heteroatoms. The average molecular weight is 211 g/mol. The van der Waals surface area contributed by atoms with Crippen molar-refractivity contribution in [2.24, 2.45) is 5.92 Å². The smallest absolute Gasteiger partial charge is 0.309 e. The fourth-order valence-electron chi connectivity index (χ4n) is 2.00. The van der Waals surface area contributed by atoms with Gasteiger partial charge in [0.25, 0.3) is 0 Å². The van der Waals surface area contributed by atoms with Crippen LogP contribution in [0.3, 0.4) is 0 Å². The van der Waals surface area contributed by atoms with E-state index in [0.717, 1.165) is 6.54 Å². The molecule has 0 aromatic rings. The van der Waals surface area contributed by atoms with Gasteiger partial charge in [0.15, 0.2) is 0 Å². The van der Waals surface area contributed by atoms with Gasteiger partial charge in [0.1, 0.15) is 0 Å². The molecule has 0 saturated heterocycles. The molecule has 0 aliphatic heterocycles. The largest absolute Gasteiger partial charge is 0.469 e. The van der Waals surface area contributed by atoms with Gasteiger partial charge in [-0.3, -0.25) is 9.69 Å². The number of methoxy groups -OCH3 is 1. The Morgan fingerprint density at radius 2 is 2.40 bits per heavy atom. The average Bonchev–Trinajstić information content (AvgIpc) is 2.29. The van der Waals surface area contributed by atoms with Crippen LogP contribution in [0.1, 0.15) is 26.2 Å². The van der Waals surface area contributed by atoms with E-state index in [0.29, 0.717) is 6.04 Å². The topological polar surface area (TPSA) is 29.5 Å². The summed E-state index contributed by atoms with van der Waals surface area (Å²) >= 11 is 0. The fourth-order valence-corrected chi connectivity index (χ4v) is 2.00. The number of carbonyl (C=O) groups excluding carboxylic acids is 1. The van der Waals surface area contributed by atoms with Gasteiger partial charge in [0.05, 0.1) is 13.0 Å². The molecule has 0 radical (unpaired) electrons. The number of nitrogens with zero attached hydrogens (tertiary/aromatic N) is 1. The number of allylic oxidation sites excluding steroid dienone is 1. The molecule has 1 rings (SSSR count). The summed E-state index contributed by atoms with van der Waals surface area (Å²) < 4.78 is 4.72. The molecule has 3 nitrogen and oxygen atoms in total. The Morgan fingerprint density at radius 1 is 1.67 bits per heavy atom. The Bertz CT molecular complexity index is 238. The van der Waals surface area contributed by atoms with Crippen LogP contribution in [0, 0.1) is 5.92 Å². The summed E-state index contributed by atoms with van der Waals surface area (Å²) in [5.74, 6) is -0.169. The maximum Gasteiger partial charge on any atom is 0.309 e. The Morgan fingerprint density at radius 3 is 2.93 bits per heavy atom. The van der Waals surface area contributed by atoms with Gasteiger partial charge in [-0.05, 0) is 26.3 Å². The van der Waals surface area contributed by atoms with Crippen LogP contribution in [0.2, 0.25) is 0 Å². The maximum absolute atomic E-state index is 11.3.